The van der Waals surface area contributed by atoms with Crippen molar-refractivity contribution in [1.82, 2.24) is 0 Å². The van der Waals surface area contributed by atoms with Crippen LogP contribution < -0.4 is 0 Å². The van der Waals surface area contributed by atoms with Crippen LogP contribution in [0.4, 0.5) is 0 Å². The van der Waals surface area contributed by atoms with E-state index < -0.39 is 0 Å². The van der Waals surface area contributed by atoms with E-state index in [9.17, 15) is 0 Å². The molecule has 0 N–H and O–H groups in total. The Kier molecular flexibility index (Phi) is 105. The van der Waals surface area contributed by atoms with E-state index in [0.717, 1.165) is 23.7 Å². The molecular weight excluding hydrogens is 423 g/mol. The maximum absolute atomic E-state index is 8.38. The summed E-state index contributed by atoms with van der Waals surface area (Å²) in [6, 6.07) is 0. The molecule has 0 saturated carbocycles. The summed E-state index contributed by atoms with van der Waals surface area (Å²) in [4.78, 5) is 0. The molecule has 0 aliphatic rings. The minimum atomic E-state index is 0. The van der Waals surface area contributed by atoms with E-state index >= 15 is 0 Å². The number of hydrogen-bond acceptors (Lipinski definition) is 2. The quantitative estimate of drug-likeness (QED) is 0.530. The molecular formula is AuCdOSZn. The van der Waals surface area contributed by atoms with E-state index in [0.29, 0.717) is 0 Å². The third kappa shape index (κ3) is 22.0. The van der Waals surface area contributed by atoms with Gasteiger partial charge in [0.15, 0.2) is 0 Å². The minimum absolute atomic E-state index is 0. The first kappa shape index (κ1) is 15.7. The molecule has 0 fully saturated rings. The molecule has 0 aliphatic heterocycles. The summed E-state index contributed by atoms with van der Waals surface area (Å²) in [6.45, 7) is 0. The Labute approximate surface area is 75.2 Å². The predicted octanol–water partition coefficient (Wildman–Crippen LogP) is 0.522. The van der Waals surface area contributed by atoms with Gasteiger partial charge < -0.3 is 0 Å². The van der Waals surface area contributed by atoms with Gasteiger partial charge in [-0.3, -0.25) is 0 Å². The molecule has 0 saturated heterocycles. The van der Waals surface area contributed by atoms with E-state index in [-0.39, 0.29) is 40.6 Å². The van der Waals surface area contributed by atoms with Crippen molar-refractivity contribution < 1.29 is 67.9 Å². The Balaban J connectivity index is -0.0000000133. The van der Waals surface area contributed by atoms with Crippen LogP contribution in [0.15, 0.2) is 0 Å². The van der Waals surface area contributed by atoms with Gasteiger partial charge in [-0.2, -0.15) is 0 Å². The molecule has 0 spiro atoms. The third-order valence-electron chi connectivity index (χ3n) is 0. The van der Waals surface area contributed by atoms with Crippen LogP contribution in [0.25, 0.3) is 0 Å². The monoisotopic (exact) mass is 423 g/mol. The molecule has 0 unspecified atom stereocenters. The molecule has 0 rings (SSSR count). The third-order valence-corrected chi connectivity index (χ3v) is 0. The summed E-state index contributed by atoms with van der Waals surface area (Å²) in [5, 5.41) is 0. The van der Waals surface area contributed by atoms with Crippen LogP contribution in [0.5, 0.6) is 0 Å². The first-order chi connectivity index (χ1) is 2.00. The Bertz CT molecular complexity index is 13.6. The Hall–Kier alpha value is 2.31. The van der Waals surface area contributed by atoms with E-state index in [4.69, 9.17) is 3.57 Å². The molecule has 0 atom stereocenters. The SMILES string of the molecule is [Au].[O]=[Zn].[S]=[Cd]. The Morgan fingerprint density at radius 3 is 1.40 bits per heavy atom. The Morgan fingerprint density at radius 1 is 1.40 bits per heavy atom. The van der Waals surface area contributed by atoms with Crippen LogP contribution in [0.2, 0.25) is 0 Å². The number of hydrogen-bond donors (Lipinski definition) is 0. The standard InChI is InChI=1S/Au.Cd.O.S.Zn. The normalized spacial score (nSPS) is 2.40. The van der Waals surface area contributed by atoms with Crippen molar-refractivity contribution in [2.24, 2.45) is 0 Å². The van der Waals surface area contributed by atoms with Gasteiger partial charge in [0.2, 0.25) is 0 Å². The van der Waals surface area contributed by atoms with Crippen molar-refractivity contribution in [3.8, 4) is 0 Å². The predicted molar refractivity (Wildman–Crippen MR) is 8.28 cm³/mol. The van der Waals surface area contributed by atoms with Gasteiger partial charge in [0.05, 0.1) is 0 Å². The van der Waals surface area contributed by atoms with Gasteiger partial charge in [-0.05, 0) is 0 Å². The number of rotatable bonds is 0. The fraction of sp³-hybridized carbons (Fsp3) is 0. The van der Waals surface area contributed by atoms with Crippen molar-refractivity contribution in [3.63, 3.8) is 0 Å². The zero-order valence-corrected chi connectivity index (χ0v) is 12.5. The fourth-order valence-corrected chi connectivity index (χ4v) is 0. The molecule has 1 nitrogen and oxygen atoms in total. The molecule has 0 aromatic rings. The van der Waals surface area contributed by atoms with Gasteiger partial charge in [-0.1, -0.05) is 0 Å². The fourth-order valence-electron chi connectivity index (χ4n) is 0. The second-order valence-electron chi connectivity index (χ2n) is 0. The van der Waals surface area contributed by atoms with Crippen LogP contribution in [-0.2, 0) is 67.9 Å². The van der Waals surface area contributed by atoms with Gasteiger partial charge in [-0.15, -0.1) is 0 Å². The van der Waals surface area contributed by atoms with Crippen molar-refractivity contribution >= 4 is 8.65 Å². The van der Waals surface area contributed by atoms with E-state index in [1.807, 2.05) is 0 Å². The van der Waals surface area contributed by atoms with Crippen LogP contribution in [0, 0.1) is 0 Å². The molecule has 1 radical (unpaired) electrons. The molecule has 5 heavy (non-hydrogen) atoms. The average Bonchev–Trinajstić information content (AvgIpc) is 1.50. The maximum atomic E-state index is 8.38. The van der Waals surface area contributed by atoms with Crippen molar-refractivity contribution in [3.05, 3.63) is 0 Å². The molecule has 5 heteroatoms. The van der Waals surface area contributed by atoms with Gasteiger partial charge in [0, 0.05) is 22.4 Å². The first-order valence-electron chi connectivity index (χ1n) is 0.577. The van der Waals surface area contributed by atoms with Crippen LogP contribution in [-0.4, -0.2) is 0 Å². The summed E-state index contributed by atoms with van der Waals surface area (Å²) in [6.07, 6.45) is 0. The summed E-state index contributed by atoms with van der Waals surface area (Å²) in [7, 11) is 4.25. The van der Waals surface area contributed by atoms with Gasteiger partial charge >= 0.3 is 54.2 Å². The molecule has 0 bridgehead atoms. The van der Waals surface area contributed by atoms with Crippen molar-refractivity contribution in [2.45, 2.75) is 0 Å². The Morgan fingerprint density at radius 2 is 1.40 bits per heavy atom. The molecule has 0 heterocycles. The molecule has 0 amide bonds. The van der Waals surface area contributed by atoms with E-state index in [2.05, 4.69) is 8.65 Å². The van der Waals surface area contributed by atoms with Gasteiger partial charge in [0.1, 0.15) is 0 Å². The van der Waals surface area contributed by atoms with Crippen LogP contribution in [0.1, 0.15) is 0 Å². The summed E-state index contributed by atoms with van der Waals surface area (Å²) >= 11 is 0.858. The average molecular weight is 423 g/mol. The molecule has 0 aromatic heterocycles. The van der Waals surface area contributed by atoms with E-state index in [1.165, 1.54) is 0 Å². The summed E-state index contributed by atoms with van der Waals surface area (Å²) in [5.74, 6) is 0. The zero-order valence-electron chi connectivity index (χ0n) is 2.53. The van der Waals surface area contributed by atoms with Crippen molar-refractivity contribution in [2.75, 3.05) is 0 Å². The zero-order chi connectivity index (χ0) is 4.00. The first-order valence-corrected chi connectivity index (χ1v) is 7.31. The van der Waals surface area contributed by atoms with Gasteiger partial charge in [-0.25, -0.2) is 0 Å². The second kappa shape index (κ2) is 33.4. The van der Waals surface area contributed by atoms with Crippen molar-refractivity contribution in [1.29, 1.82) is 0 Å². The summed E-state index contributed by atoms with van der Waals surface area (Å²) < 4.78 is 8.38. The van der Waals surface area contributed by atoms with E-state index in [1.54, 1.807) is 0 Å². The topological polar surface area (TPSA) is 17.1 Å². The molecule has 0 aromatic carbocycles. The molecule has 27 valence electrons. The molecule has 0 aliphatic carbocycles. The second-order valence-corrected chi connectivity index (χ2v) is 0. The van der Waals surface area contributed by atoms with Gasteiger partial charge in [0.25, 0.3) is 0 Å². The van der Waals surface area contributed by atoms with Crippen LogP contribution in [0.3, 0.4) is 0 Å². The van der Waals surface area contributed by atoms with Crippen LogP contribution >= 0.6 is 8.65 Å². The summed E-state index contributed by atoms with van der Waals surface area (Å²) in [5.41, 5.74) is 0.